The molecule has 0 aromatic carbocycles. The third kappa shape index (κ3) is 13.4. The van der Waals surface area contributed by atoms with Crippen LogP contribution in [0.3, 0.4) is 0 Å². The van der Waals surface area contributed by atoms with Crippen LogP contribution in [-0.4, -0.2) is 52.1 Å². The van der Waals surface area contributed by atoms with Crippen LogP contribution in [0.25, 0.3) is 0 Å². The summed E-state index contributed by atoms with van der Waals surface area (Å²) in [5.74, 6) is 0.0547. The SMILES string of the molecule is CCCCOCCOCCOCCNC(=O)CC. The lowest BCUT2D eigenvalue weighted by Gasteiger charge is -2.07. The number of nitrogens with one attached hydrogen (secondary N) is 1. The summed E-state index contributed by atoms with van der Waals surface area (Å²) < 4.78 is 16.0. The van der Waals surface area contributed by atoms with Crippen LogP contribution in [0.4, 0.5) is 0 Å². The van der Waals surface area contributed by atoms with Gasteiger partial charge in [-0.1, -0.05) is 20.3 Å². The molecule has 0 rings (SSSR count). The van der Waals surface area contributed by atoms with Crippen LogP contribution >= 0.6 is 0 Å². The molecule has 0 unspecified atom stereocenters. The average Bonchev–Trinajstić information content (AvgIpc) is 2.39. The zero-order valence-electron chi connectivity index (χ0n) is 11.7. The fraction of sp³-hybridized carbons (Fsp3) is 0.923. The summed E-state index contributed by atoms with van der Waals surface area (Å²) in [5, 5.41) is 2.74. The van der Waals surface area contributed by atoms with Crippen molar-refractivity contribution in [1.82, 2.24) is 5.32 Å². The number of ether oxygens (including phenoxy) is 3. The van der Waals surface area contributed by atoms with Crippen LogP contribution in [0.1, 0.15) is 33.1 Å². The summed E-state index contributed by atoms with van der Waals surface area (Å²) in [6.45, 7) is 8.25. The van der Waals surface area contributed by atoms with E-state index in [4.69, 9.17) is 14.2 Å². The smallest absolute Gasteiger partial charge is 0.219 e. The third-order valence-electron chi connectivity index (χ3n) is 2.28. The van der Waals surface area contributed by atoms with Crippen LogP contribution in [-0.2, 0) is 19.0 Å². The molecule has 1 amide bonds. The molecule has 0 aliphatic heterocycles. The molecule has 0 heterocycles. The summed E-state index contributed by atoms with van der Waals surface area (Å²) >= 11 is 0. The van der Waals surface area contributed by atoms with Crippen molar-refractivity contribution in [1.29, 1.82) is 0 Å². The van der Waals surface area contributed by atoms with E-state index in [0.717, 1.165) is 19.4 Å². The second-order valence-electron chi connectivity index (χ2n) is 3.89. The molecule has 5 heteroatoms. The average molecular weight is 261 g/mol. The van der Waals surface area contributed by atoms with E-state index >= 15 is 0 Å². The van der Waals surface area contributed by atoms with Crippen LogP contribution in [0, 0.1) is 0 Å². The lowest BCUT2D eigenvalue weighted by molar-refractivity contribution is -0.121. The molecule has 0 saturated heterocycles. The Bertz CT molecular complexity index is 188. The van der Waals surface area contributed by atoms with Crippen LogP contribution < -0.4 is 5.32 Å². The first-order valence-electron chi connectivity index (χ1n) is 6.81. The fourth-order valence-electron chi connectivity index (χ4n) is 1.18. The zero-order valence-corrected chi connectivity index (χ0v) is 11.7. The first-order valence-corrected chi connectivity index (χ1v) is 6.81. The molecule has 0 saturated carbocycles. The van der Waals surface area contributed by atoms with E-state index in [-0.39, 0.29) is 5.91 Å². The van der Waals surface area contributed by atoms with Gasteiger partial charge in [-0.15, -0.1) is 0 Å². The van der Waals surface area contributed by atoms with Crippen molar-refractivity contribution in [3.63, 3.8) is 0 Å². The monoisotopic (exact) mass is 261 g/mol. The van der Waals surface area contributed by atoms with Crippen LogP contribution in [0.5, 0.6) is 0 Å². The topological polar surface area (TPSA) is 56.8 Å². The minimum Gasteiger partial charge on any atom is -0.379 e. The Kier molecular flexibility index (Phi) is 13.9. The molecule has 0 aromatic heterocycles. The van der Waals surface area contributed by atoms with Gasteiger partial charge in [0.25, 0.3) is 0 Å². The summed E-state index contributed by atoms with van der Waals surface area (Å²) in [5.41, 5.74) is 0. The van der Waals surface area contributed by atoms with Crippen molar-refractivity contribution in [2.45, 2.75) is 33.1 Å². The molecule has 0 aliphatic carbocycles. The Morgan fingerprint density at radius 1 is 0.889 bits per heavy atom. The maximum atomic E-state index is 10.9. The van der Waals surface area contributed by atoms with Crippen molar-refractivity contribution >= 4 is 5.91 Å². The van der Waals surface area contributed by atoms with E-state index in [1.54, 1.807) is 0 Å². The number of carbonyl (C=O) groups is 1. The molecular weight excluding hydrogens is 234 g/mol. The largest absolute Gasteiger partial charge is 0.379 e. The summed E-state index contributed by atoms with van der Waals surface area (Å²) in [4.78, 5) is 10.9. The van der Waals surface area contributed by atoms with Crippen LogP contribution in [0.15, 0.2) is 0 Å². The molecule has 0 atom stereocenters. The van der Waals surface area contributed by atoms with Crippen molar-refractivity contribution in [2.75, 3.05) is 46.2 Å². The van der Waals surface area contributed by atoms with E-state index in [9.17, 15) is 4.79 Å². The lowest BCUT2D eigenvalue weighted by Crippen LogP contribution is -2.26. The van der Waals surface area contributed by atoms with Gasteiger partial charge in [-0.2, -0.15) is 0 Å². The Morgan fingerprint density at radius 2 is 1.44 bits per heavy atom. The molecule has 18 heavy (non-hydrogen) atoms. The van der Waals surface area contributed by atoms with Gasteiger partial charge in [-0.3, -0.25) is 4.79 Å². The summed E-state index contributed by atoms with van der Waals surface area (Å²) in [7, 11) is 0. The first-order chi connectivity index (χ1) is 8.81. The number of hydrogen-bond donors (Lipinski definition) is 1. The van der Waals surface area contributed by atoms with Gasteiger partial charge < -0.3 is 19.5 Å². The van der Waals surface area contributed by atoms with Gasteiger partial charge >= 0.3 is 0 Å². The molecule has 108 valence electrons. The summed E-state index contributed by atoms with van der Waals surface area (Å²) in [6, 6.07) is 0. The third-order valence-corrected chi connectivity index (χ3v) is 2.28. The standard InChI is InChI=1S/C13H27NO4/c1-3-5-7-16-9-11-18-12-10-17-8-6-14-13(15)4-2/h3-12H2,1-2H3,(H,14,15). The molecule has 0 aliphatic rings. The summed E-state index contributed by atoms with van der Waals surface area (Å²) in [6.07, 6.45) is 2.77. The predicted octanol–water partition coefficient (Wildman–Crippen LogP) is 1.36. The second-order valence-corrected chi connectivity index (χ2v) is 3.89. The Labute approximate surface area is 110 Å². The zero-order chi connectivity index (χ0) is 13.5. The number of unbranched alkanes of at least 4 members (excludes halogenated alkanes) is 1. The van der Waals surface area contributed by atoms with E-state index < -0.39 is 0 Å². The molecular formula is C13H27NO4. The first kappa shape index (κ1) is 17.4. The molecule has 0 aromatic rings. The van der Waals surface area contributed by atoms with E-state index in [2.05, 4.69) is 12.2 Å². The van der Waals surface area contributed by atoms with Crippen molar-refractivity contribution in [3.8, 4) is 0 Å². The molecule has 0 bridgehead atoms. The quantitative estimate of drug-likeness (QED) is 0.509. The maximum absolute atomic E-state index is 10.9. The van der Waals surface area contributed by atoms with Gasteiger partial charge in [0.2, 0.25) is 5.91 Å². The van der Waals surface area contributed by atoms with Gasteiger partial charge in [0, 0.05) is 19.6 Å². The lowest BCUT2D eigenvalue weighted by atomic mass is 10.4. The van der Waals surface area contributed by atoms with Crippen LogP contribution in [0.2, 0.25) is 0 Å². The van der Waals surface area contributed by atoms with Gasteiger partial charge in [0.15, 0.2) is 0 Å². The highest BCUT2D eigenvalue weighted by Crippen LogP contribution is 1.88. The molecule has 0 spiro atoms. The molecule has 1 N–H and O–H groups in total. The number of carbonyl (C=O) groups excluding carboxylic acids is 1. The number of rotatable bonds is 13. The maximum Gasteiger partial charge on any atom is 0.219 e. The van der Waals surface area contributed by atoms with E-state index in [0.29, 0.717) is 46.0 Å². The van der Waals surface area contributed by atoms with E-state index in [1.165, 1.54) is 0 Å². The predicted molar refractivity (Wildman–Crippen MR) is 70.7 cm³/mol. The van der Waals surface area contributed by atoms with Gasteiger partial charge in [-0.25, -0.2) is 0 Å². The highest BCUT2D eigenvalue weighted by atomic mass is 16.5. The molecule has 0 fully saturated rings. The van der Waals surface area contributed by atoms with Gasteiger partial charge in [0.1, 0.15) is 0 Å². The highest BCUT2D eigenvalue weighted by molar-refractivity contribution is 5.75. The Morgan fingerprint density at radius 3 is 2.00 bits per heavy atom. The Hall–Kier alpha value is -0.650. The van der Waals surface area contributed by atoms with Gasteiger partial charge in [-0.05, 0) is 6.42 Å². The second kappa shape index (κ2) is 14.4. The highest BCUT2D eigenvalue weighted by Gasteiger charge is 1.95. The van der Waals surface area contributed by atoms with Crippen molar-refractivity contribution in [3.05, 3.63) is 0 Å². The Balaban J connectivity index is 2.97. The van der Waals surface area contributed by atoms with Crippen molar-refractivity contribution in [2.24, 2.45) is 0 Å². The number of hydrogen-bond acceptors (Lipinski definition) is 4. The normalized spacial score (nSPS) is 10.6. The fourth-order valence-corrected chi connectivity index (χ4v) is 1.18. The van der Waals surface area contributed by atoms with Gasteiger partial charge in [0.05, 0.1) is 33.0 Å². The molecule has 0 radical (unpaired) electrons. The van der Waals surface area contributed by atoms with E-state index in [1.807, 2.05) is 6.92 Å². The minimum atomic E-state index is 0.0547. The minimum absolute atomic E-state index is 0.0547. The molecule has 5 nitrogen and oxygen atoms in total. The van der Waals surface area contributed by atoms with Crippen molar-refractivity contribution < 1.29 is 19.0 Å². The number of amides is 1.